The van der Waals surface area contributed by atoms with Crippen LogP contribution in [-0.4, -0.2) is 33.9 Å². The minimum absolute atomic E-state index is 0.0582. The van der Waals surface area contributed by atoms with Crippen molar-refractivity contribution in [1.82, 2.24) is 14.9 Å². The predicted octanol–water partition coefficient (Wildman–Crippen LogP) is 4.41. The summed E-state index contributed by atoms with van der Waals surface area (Å²) in [6.45, 7) is 5.41. The number of hydrogen-bond acceptors (Lipinski definition) is 5. The molecule has 6 heteroatoms. The van der Waals surface area contributed by atoms with Gasteiger partial charge < -0.3 is 10.2 Å². The molecule has 1 aliphatic rings. The Kier molecular flexibility index (Phi) is 4.59. The fourth-order valence-corrected chi connectivity index (χ4v) is 4.81. The summed E-state index contributed by atoms with van der Waals surface area (Å²) in [5, 5.41) is 4.56. The van der Waals surface area contributed by atoms with E-state index in [1.807, 2.05) is 43.0 Å². The number of aromatic nitrogens is 2. The van der Waals surface area contributed by atoms with E-state index < -0.39 is 0 Å². The summed E-state index contributed by atoms with van der Waals surface area (Å²) >= 11 is 1.78. The van der Waals surface area contributed by atoms with Crippen LogP contribution in [0.15, 0.2) is 30.6 Å². The lowest BCUT2D eigenvalue weighted by Gasteiger charge is -2.19. The van der Waals surface area contributed by atoms with E-state index in [0.29, 0.717) is 18.7 Å². The van der Waals surface area contributed by atoms with Crippen LogP contribution in [0.1, 0.15) is 41.1 Å². The molecule has 26 heavy (non-hydrogen) atoms. The van der Waals surface area contributed by atoms with Gasteiger partial charge in [-0.25, -0.2) is 9.97 Å². The number of nitrogens with one attached hydrogen (secondary N) is 1. The molecule has 1 aliphatic carbocycles. The Morgan fingerprint density at radius 2 is 2.08 bits per heavy atom. The Hall–Kier alpha value is -2.47. The van der Waals surface area contributed by atoms with Crippen molar-refractivity contribution in [2.24, 2.45) is 0 Å². The number of carbonyl (C=O) groups is 1. The van der Waals surface area contributed by atoms with E-state index in [0.717, 1.165) is 34.6 Å². The number of thiophene rings is 1. The summed E-state index contributed by atoms with van der Waals surface area (Å²) < 4.78 is 0. The van der Waals surface area contributed by atoms with Gasteiger partial charge in [-0.05, 0) is 56.9 Å². The van der Waals surface area contributed by atoms with Crippen LogP contribution < -0.4 is 5.32 Å². The highest BCUT2D eigenvalue weighted by molar-refractivity contribution is 7.19. The molecule has 4 rings (SSSR count). The molecule has 0 radical (unpaired) electrons. The molecule has 2 heterocycles. The zero-order valence-electron chi connectivity index (χ0n) is 15.1. The summed E-state index contributed by atoms with van der Waals surface area (Å²) in [7, 11) is 0. The number of rotatable bonds is 5. The molecule has 0 fully saturated rings. The van der Waals surface area contributed by atoms with Gasteiger partial charge in [-0.1, -0.05) is 6.07 Å². The van der Waals surface area contributed by atoms with E-state index in [9.17, 15) is 4.79 Å². The lowest BCUT2D eigenvalue weighted by atomic mass is 10.1. The van der Waals surface area contributed by atoms with Gasteiger partial charge in [0.15, 0.2) is 0 Å². The third kappa shape index (κ3) is 2.94. The molecule has 0 unspecified atom stereocenters. The van der Waals surface area contributed by atoms with Gasteiger partial charge in [0.05, 0.1) is 5.39 Å². The fraction of sp³-hybridized carbons (Fsp3) is 0.350. The first-order valence-corrected chi connectivity index (χ1v) is 9.94. The Morgan fingerprint density at radius 3 is 2.88 bits per heavy atom. The van der Waals surface area contributed by atoms with E-state index >= 15 is 0 Å². The van der Waals surface area contributed by atoms with E-state index in [4.69, 9.17) is 0 Å². The number of nitrogens with zero attached hydrogens (tertiary/aromatic N) is 3. The van der Waals surface area contributed by atoms with Crippen molar-refractivity contribution in [3.8, 4) is 0 Å². The molecule has 0 saturated carbocycles. The van der Waals surface area contributed by atoms with E-state index in [1.54, 1.807) is 17.7 Å². The molecule has 2 aromatic heterocycles. The number of fused-ring (bicyclic) bond motifs is 3. The van der Waals surface area contributed by atoms with Crippen LogP contribution in [0.2, 0.25) is 0 Å². The van der Waals surface area contributed by atoms with Crippen LogP contribution in [0.3, 0.4) is 0 Å². The second-order valence-corrected chi connectivity index (χ2v) is 7.53. The lowest BCUT2D eigenvalue weighted by molar-refractivity contribution is 0.0773. The second kappa shape index (κ2) is 7.03. The summed E-state index contributed by atoms with van der Waals surface area (Å²) in [6, 6.07) is 7.65. The Morgan fingerprint density at radius 1 is 1.23 bits per heavy atom. The molecule has 1 amide bonds. The van der Waals surface area contributed by atoms with Crippen molar-refractivity contribution >= 4 is 39.0 Å². The van der Waals surface area contributed by atoms with E-state index in [1.165, 1.54) is 16.9 Å². The van der Waals surface area contributed by atoms with Gasteiger partial charge in [-0.2, -0.15) is 0 Å². The molecule has 3 aromatic rings. The van der Waals surface area contributed by atoms with E-state index in [2.05, 4.69) is 15.3 Å². The van der Waals surface area contributed by atoms with Crippen LogP contribution >= 0.6 is 11.3 Å². The maximum Gasteiger partial charge on any atom is 0.253 e. The average molecular weight is 366 g/mol. The van der Waals surface area contributed by atoms with Gasteiger partial charge >= 0.3 is 0 Å². The molecule has 0 spiro atoms. The number of carbonyl (C=O) groups excluding carboxylic acids is 1. The minimum Gasteiger partial charge on any atom is -0.340 e. The highest BCUT2D eigenvalue weighted by Crippen LogP contribution is 2.39. The zero-order valence-corrected chi connectivity index (χ0v) is 15.9. The molecule has 0 atom stereocenters. The standard InChI is InChI=1S/C20H22N4OS/c1-3-24(4-2)20(25)13-7-5-8-14(11-13)23-18-17-15-9-6-10-16(15)26-19(17)22-12-21-18/h5,7-8,11-12H,3-4,6,9-10H2,1-2H3,(H,21,22,23). The van der Waals surface area contributed by atoms with Gasteiger partial charge in [-0.3, -0.25) is 4.79 Å². The first kappa shape index (κ1) is 17.0. The first-order chi connectivity index (χ1) is 12.7. The molecular formula is C20H22N4OS. The molecule has 1 aromatic carbocycles. The van der Waals surface area contributed by atoms with Crippen molar-refractivity contribution in [1.29, 1.82) is 0 Å². The van der Waals surface area contributed by atoms with Crippen molar-refractivity contribution in [2.75, 3.05) is 18.4 Å². The second-order valence-electron chi connectivity index (χ2n) is 6.44. The van der Waals surface area contributed by atoms with Gasteiger partial charge in [-0.15, -0.1) is 11.3 Å². The minimum atomic E-state index is 0.0582. The topological polar surface area (TPSA) is 58.1 Å². The molecule has 0 bridgehead atoms. The van der Waals surface area contributed by atoms with Crippen LogP contribution in [0.5, 0.6) is 0 Å². The van der Waals surface area contributed by atoms with Crippen LogP contribution in [-0.2, 0) is 12.8 Å². The molecule has 5 nitrogen and oxygen atoms in total. The smallest absolute Gasteiger partial charge is 0.253 e. The summed E-state index contributed by atoms with van der Waals surface area (Å²) in [5.41, 5.74) is 2.96. The highest BCUT2D eigenvalue weighted by atomic mass is 32.1. The Balaban J connectivity index is 1.67. The number of amides is 1. The van der Waals surface area contributed by atoms with Crippen LogP contribution in [0, 0.1) is 0 Å². The molecular weight excluding hydrogens is 344 g/mol. The number of benzene rings is 1. The van der Waals surface area contributed by atoms with Crippen molar-refractivity contribution < 1.29 is 4.79 Å². The Labute approximate surface area is 157 Å². The van der Waals surface area contributed by atoms with Crippen molar-refractivity contribution in [3.05, 3.63) is 46.6 Å². The predicted molar refractivity (Wildman–Crippen MR) is 106 cm³/mol. The fourth-order valence-electron chi connectivity index (χ4n) is 3.58. The monoisotopic (exact) mass is 366 g/mol. The number of hydrogen-bond donors (Lipinski definition) is 1. The van der Waals surface area contributed by atoms with Crippen molar-refractivity contribution in [2.45, 2.75) is 33.1 Å². The molecule has 0 aliphatic heterocycles. The SMILES string of the molecule is CCN(CC)C(=O)c1cccc(Nc2ncnc3sc4c(c23)CCC4)c1. The van der Waals surface area contributed by atoms with Gasteiger partial charge in [0.2, 0.25) is 0 Å². The van der Waals surface area contributed by atoms with Gasteiger partial charge in [0.25, 0.3) is 5.91 Å². The number of aryl methyl sites for hydroxylation is 2. The first-order valence-electron chi connectivity index (χ1n) is 9.12. The summed E-state index contributed by atoms with van der Waals surface area (Å²) in [5.74, 6) is 0.893. The average Bonchev–Trinajstić information content (AvgIpc) is 3.24. The zero-order chi connectivity index (χ0) is 18.1. The quantitative estimate of drug-likeness (QED) is 0.727. The van der Waals surface area contributed by atoms with Crippen LogP contribution in [0.25, 0.3) is 10.2 Å². The maximum atomic E-state index is 12.6. The molecule has 1 N–H and O–H groups in total. The molecule has 0 saturated heterocycles. The van der Waals surface area contributed by atoms with Gasteiger partial charge in [0, 0.05) is 29.2 Å². The Bertz CT molecular complexity index is 962. The van der Waals surface area contributed by atoms with Crippen LogP contribution in [0.4, 0.5) is 11.5 Å². The third-order valence-electron chi connectivity index (χ3n) is 4.92. The highest BCUT2D eigenvalue weighted by Gasteiger charge is 2.21. The normalized spacial score (nSPS) is 13.0. The van der Waals surface area contributed by atoms with Crippen molar-refractivity contribution in [3.63, 3.8) is 0 Å². The molecule has 134 valence electrons. The number of anilines is 2. The largest absolute Gasteiger partial charge is 0.340 e. The lowest BCUT2D eigenvalue weighted by Crippen LogP contribution is -2.30. The summed E-state index contributed by atoms with van der Waals surface area (Å²) in [6.07, 6.45) is 5.06. The maximum absolute atomic E-state index is 12.6. The van der Waals surface area contributed by atoms with E-state index in [-0.39, 0.29) is 5.91 Å². The summed E-state index contributed by atoms with van der Waals surface area (Å²) in [4.78, 5) is 25.8. The van der Waals surface area contributed by atoms with Gasteiger partial charge in [0.1, 0.15) is 17.0 Å². The third-order valence-corrected chi connectivity index (χ3v) is 6.12.